The van der Waals surface area contributed by atoms with Crippen LogP contribution in [0.3, 0.4) is 0 Å². The Hall–Kier alpha value is -1.26. The number of nitrogens with zero attached hydrogens (tertiary/aromatic N) is 1. The van der Waals surface area contributed by atoms with Crippen LogP contribution in [-0.4, -0.2) is 37.6 Å². The van der Waals surface area contributed by atoms with Crippen LogP contribution >= 0.6 is 11.6 Å². The van der Waals surface area contributed by atoms with Gasteiger partial charge >= 0.3 is 0 Å². The molecule has 0 atom stereocenters. The van der Waals surface area contributed by atoms with E-state index in [0.29, 0.717) is 22.9 Å². The number of aryl methyl sites for hydroxylation is 1. The predicted molar refractivity (Wildman–Crippen MR) is 81.7 cm³/mol. The van der Waals surface area contributed by atoms with Crippen molar-refractivity contribution in [2.24, 2.45) is 0 Å². The summed E-state index contributed by atoms with van der Waals surface area (Å²) in [5.41, 5.74) is 1.60. The fraction of sp³-hybridized carbons (Fsp3) is 0.533. The molecular weight excluding hydrogens is 276 g/mol. The Morgan fingerprint density at radius 3 is 2.75 bits per heavy atom. The first-order chi connectivity index (χ1) is 9.60. The molecule has 20 heavy (non-hydrogen) atoms. The Kier molecular flexibility index (Phi) is 5.26. The summed E-state index contributed by atoms with van der Waals surface area (Å²) >= 11 is 6.05. The van der Waals surface area contributed by atoms with Crippen molar-refractivity contribution >= 4 is 23.2 Å². The van der Waals surface area contributed by atoms with Gasteiger partial charge in [-0.25, -0.2) is 0 Å². The van der Waals surface area contributed by atoms with Gasteiger partial charge in [0.1, 0.15) is 5.75 Å². The van der Waals surface area contributed by atoms with E-state index in [1.165, 1.54) is 12.8 Å². The molecular formula is C15H21ClN2O2. The summed E-state index contributed by atoms with van der Waals surface area (Å²) in [6, 6.07) is 3.57. The quantitative estimate of drug-likeness (QED) is 0.908. The van der Waals surface area contributed by atoms with Crippen molar-refractivity contribution in [1.82, 2.24) is 4.90 Å². The third kappa shape index (κ3) is 3.87. The highest BCUT2D eigenvalue weighted by Crippen LogP contribution is 2.31. The summed E-state index contributed by atoms with van der Waals surface area (Å²) in [4.78, 5) is 14.3. The molecule has 1 aromatic rings. The lowest BCUT2D eigenvalue weighted by Crippen LogP contribution is -2.25. The predicted octanol–water partition coefficient (Wildman–Crippen LogP) is 3.08. The average molecular weight is 297 g/mol. The van der Waals surface area contributed by atoms with Crippen LogP contribution in [0.1, 0.15) is 24.8 Å². The lowest BCUT2D eigenvalue weighted by Gasteiger charge is -2.15. The zero-order chi connectivity index (χ0) is 14.5. The summed E-state index contributed by atoms with van der Waals surface area (Å²) < 4.78 is 5.25. The van der Waals surface area contributed by atoms with Gasteiger partial charge in [0.15, 0.2) is 0 Å². The number of hydrogen-bond acceptors (Lipinski definition) is 3. The number of hydrogen-bond donors (Lipinski definition) is 1. The molecule has 0 bridgehead atoms. The smallest absolute Gasteiger partial charge is 0.225 e. The third-order valence-electron chi connectivity index (χ3n) is 3.61. The Balaban J connectivity index is 1.94. The normalized spacial score (nSPS) is 15.3. The average Bonchev–Trinajstić information content (AvgIpc) is 2.93. The van der Waals surface area contributed by atoms with Crippen molar-refractivity contribution in [1.29, 1.82) is 0 Å². The number of ether oxygens (including phenoxy) is 1. The van der Waals surface area contributed by atoms with E-state index < -0.39 is 0 Å². The summed E-state index contributed by atoms with van der Waals surface area (Å²) in [6.07, 6.45) is 2.99. The molecule has 0 aliphatic carbocycles. The molecule has 1 aromatic carbocycles. The fourth-order valence-corrected chi connectivity index (χ4v) is 2.56. The SMILES string of the molecule is COc1cc(Cl)c(C)cc1NC(=O)CCN1CCCC1. The number of nitrogens with one attached hydrogen (secondary N) is 1. The van der Waals surface area contributed by atoms with Crippen LogP contribution in [0.5, 0.6) is 5.75 Å². The number of anilines is 1. The highest BCUT2D eigenvalue weighted by Gasteiger charge is 2.14. The maximum absolute atomic E-state index is 12.0. The van der Waals surface area contributed by atoms with E-state index in [0.717, 1.165) is 25.2 Å². The van der Waals surface area contributed by atoms with E-state index in [1.54, 1.807) is 13.2 Å². The maximum atomic E-state index is 12.0. The summed E-state index contributed by atoms with van der Waals surface area (Å²) in [5.74, 6) is 0.604. The Bertz CT molecular complexity index is 485. The third-order valence-corrected chi connectivity index (χ3v) is 4.02. The van der Waals surface area contributed by atoms with Gasteiger partial charge in [-0.1, -0.05) is 11.6 Å². The van der Waals surface area contributed by atoms with Crippen molar-refractivity contribution < 1.29 is 9.53 Å². The first-order valence-electron chi connectivity index (χ1n) is 6.96. The van der Waals surface area contributed by atoms with Crippen LogP contribution in [0.15, 0.2) is 12.1 Å². The standard InChI is InChI=1S/C15H21ClN2O2/c1-11-9-13(14(20-2)10-12(11)16)17-15(19)5-8-18-6-3-4-7-18/h9-10H,3-8H2,1-2H3,(H,17,19). The van der Waals surface area contributed by atoms with Gasteiger partial charge < -0.3 is 15.0 Å². The number of carbonyl (C=O) groups excluding carboxylic acids is 1. The number of halogens is 1. The summed E-state index contributed by atoms with van der Waals surface area (Å²) in [7, 11) is 1.57. The molecule has 1 aliphatic rings. The van der Waals surface area contributed by atoms with Gasteiger partial charge in [-0.05, 0) is 44.5 Å². The lowest BCUT2D eigenvalue weighted by atomic mass is 10.2. The molecule has 0 saturated carbocycles. The Morgan fingerprint density at radius 2 is 2.10 bits per heavy atom. The topological polar surface area (TPSA) is 41.6 Å². The summed E-state index contributed by atoms with van der Waals surface area (Å²) in [5, 5.41) is 3.54. The van der Waals surface area contributed by atoms with Gasteiger partial charge in [-0.3, -0.25) is 4.79 Å². The van der Waals surface area contributed by atoms with Crippen molar-refractivity contribution in [3.63, 3.8) is 0 Å². The first-order valence-corrected chi connectivity index (χ1v) is 7.34. The van der Waals surface area contributed by atoms with Gasteiger partial charge in [-0.2, -0.15) is 0 Å². The molecule has 4 nitrogen and oxygen atoms in total. The highest BCUT2D eigenvalue weighted by molar-refractivity contribution is 6.31. The second kappa shape index (κ2) is 6.95. The minimum Gasteiger partial charge on any atom is -0.495 e. The number of methoxy groups -OCH3 is 1. The van der Waals surface area contributed by atoms with Crippen molar-refractivity contribution in [2.45, 2.75) is 26.2 Å². The molecule has 1 N–H and O–H groups in total. The van der Waals surface area contributed by atoms with Gasteiger partial charge in [0.25, 0.3) is 0 Å². The molecule has 1 amide bonds. The number of amides is 1. The molecule has 5 heteroatoms. The van der Waals surface area contributed by atoms with Crippen molar-refractivity contribution in [3.8, 4) is 5.75 Å². The molecule has 110 valence electrons. The molecule has 0 radical (unpaired) electrons. The van der Waals surface area contributed by atoms with Crippen LogP contribution in [0, 0.1) is 6.92 Å². The molecule has 0 unspecified atom stereocenters. The molecule has 0 aromatic heterocycles. The Labute approximate surface area is 125 Å². The van der Waals surface area contributed by atoms with Gasteiger partial charge in [0.2, 0.25) is 5.91 Å². The monoisotopic (exact) mass is 296 g/mol. The second-order valence-electron chi connectivity index (χ2n) is 5.15. The van der Waals surface area contributed by atoms with Gasteiger partial charge in [-0.15, -0.1) is 0 Å². The van der Waals surface area contributed by atoms with E-state index in [-0.39, 0.29) is 5.91 Å². The van der Waals surface area contributed by atoms with E-state index in [9.17, 15) is 4.79 Å². The van der Waals surface area contributed by atoms with E-state index in [1.807, 2.05) is 13.0 Å². The largest absolute Gasteiger partial charge is 0.495 e. The molecule has 1 heterocycles. The second-order valence-corrected chi connectivity index (χ2v) is 5.56. The number of likely N-dealkylation sites (tertiary alicyclic amines) is 1. The highest BCUT2D eigenvalue weighted by atomic mass is 35.5. The first kappa shape index (κ1) is 15.1. The zero-order valence-corrected chi connectivity index (χ0v) is 12.8. The van der Waals surface area contributed by atoms with E-state index in [2.05, 4.69) is 10.2 Å². The zero-order valence-electron chi connectivity index (χ0n) is 12.0. The molecule has 1 aliphatic heterocycles. The van der Waals surface area contributed by atoms with Crippen LogP contribution in [-0.2, 0) is 4.79 Å². The summed E-state index contributed by atoms with van der Waals surface area (Å²) in [6.45, 7) is 4.94. The molecule has 1 saturated heterocycles. The van der Waals surface area contributed by atoms with Crippen LogP contribution < -0.4 is 10.1 Å². The molecule has 0 spiro atoms. The van der Waals surface area contributed by atoms with Gasteiger partial charge in [0.05, 0.1) is 12.8 Å². The maximum Gasteiger partial charge on any atom is 0.225 e. The lowest BCUT2D eigenvalue weighted by molar-refractivity contribution is -0.116. The Morgan fingerprint density at radius 1 is 1.40 bits per heavy atom. The van der Waals surface area contributed by atoms with Gasteiger partial charge in [0, 0.05) is 24.1 Å². The van der Waals surface area contributed by atoms with Crippen molar-refractivity contribution in [2.75, 3.05) is 32.1 Å². The van der Waals surface area contributed by atoms with Crippen LogP contribution in [0.25, 0.3) is 0 Å². The minimum absolute atomic E-state index is 0.0110. The van der Waals surface area contributed by atoms with E-state index >= 15 is 0 Å². The minimum atomic E-state index is 0.0110. The van der Waals surface area contributed by atoms with Crippen LogP contribution in [0.4, 0.5) is 5.69 Å². The number of benzene rings is 1. The molecule has 1 fully saturated rings. The van der Waals surface area contributed by atoms with E-state index in [4.69, 9.17) is 16.3 Å². The number of carbonyl (C=O) groups is 1. The van der Waals surface area contributed by atoms with Crippen molar-refractivity contribution in [3.05, 3.63) is 22.7 Å². The van der Waals surface area contributed by atoms with Crippen LogP contribution in [0.2, 0.25) is 5.02 Å². The number of rotatable bonds is 5. The molecule has 2 rings (SSSR count). The fourth-order valence-electron chi connectivity index (χ4n) is 2.41.